The van der Waals surface area contributed by atoms with Gasteiger partial charge in [-0.15, -0.1) is 11.3 Å². The van der Waals surface area contributed by atoms with Crippen LogP contribution in [0.3, 0.4) is 0 Å². The van der Waals surface area contributed by atoms with E-state index in [0.717, 1.165) is 38.6 Å². The minimum absolute atomic E-state index is 0.195. The third-order valence-electron chi connectivity index (χ3n) is 8.06. The van der Waals surface area contributed by atoms with E-state index >= 15 is 0 Å². The smallest absolute Gasteiger partial charge is 0.338 e. The summed E-state index contributed by atoms with van der Waals surface area (Å²) in [6.45, 7) is 5.91. The van der Waals surface area contributed by atoms with Gasteiger partial charge in [0.2, 0.25) is 0 Å². The minimum atomic E-state index is -0.608. The first kappa shape index (κ1) is 29.6. The van der Waals surface area contributed by atoms with Gasteiger partial charge in [-0.05, 0) is 67.6 Å². The molecule has 0 radical (unpaired) electrons. The molecular formula is C38H31N3O3S2. The minimum Gasteiger partial charge on any atom is -0.463 e. The summed E-state index contributed by atoms with van der Waals surface area (Å²) in [4.78, 5) is 33.8. The van der Waals surface area contributed by atoms with Gasteiger partial charge < -0.3 is 9.30 Å². The van der Waals surface area contributed by atoms with Crippen molar-refractivity contribution in [1.82, 2.24) is 9.13 Å². The van der Waals surface area contributed by atoms with Gasteiger partial charge in [0.15, 0.2) is 4.80 Å². The third-order valence-corrected chi connectivity index (χ3v) is 9.96. The van der Waals surface area contributed by atoms with Crippen molar-refractivity contribution in [1.29, 1.82) is 0 Å². The van der Waals surface area contributed by atoms with Crippen LogP contribution in [0.15, 0.2) is 130 Å². The van der Waals surface area contributed by atoms with Crippen LogP contribution in [0, 0.1) is 6.92 Å². The molecule has 0 aliphatic carbocycles. The van der Waals surface area contributed by atoms with Gasteiger partial charge in [-0.2, -0.15) is 0 Å². The summed E-state index contributed by atoms with van der Waals surface area (Å²) in [5.74, 6) is -0.453. The number of thiazole rings is 1. The summed E-state index contributed by atoms with van der Waals surface area (Å²) in [7, 11) is 0. The molecule has 0 spiro atoms. The lowest BCUT2D eigenvalue weighted by Gasteiger charge is -2.23. The number of nitrogens with zero attached hydrogens (tertiary/aromatic N) is 3. The molecule has 46 heavy (non-hydrogen) atoms. The maximum absolute atomic E-state index is 14.4. The fraction of sp³-hybridized carbons (Fsp3) is 0.132. The zero-order valence-electron chi connectivity index (χ0n) is 25.6. The zero-order chi connectivity index (χ0) is 31.8. The van der Waals surface area contributed by atoms with Crippen molar-refractivity contribution in [3.63, 3.8) is 0 Å². The second kappa shape index (κ2) is 12.4. The van der Waals surface area contributed by atoms with Crippen LogP contribution in [0.1, 0.15) is 35.9 Å². The van der Waals surface area contributed by atoms with Gasteiger partial charge in [0.1, 0.15) is 6.04 Å². The molecule has 0 N–H and O–H groups in total. The van der Waals surface area contributed by atoms with Crippen LogP contribution in [0.2, 0.25) is 0 Å². The number of aromatic nitrogens is 2. The Balaban J connectivity index is 1.50. The molecule has 4 heterocycles. The maximum atomic E-state index is 14.4. The average Bonchev–Trinajstić information content (AvgIpc) is 3.81. The van der Waals surface area contributed by atoms with Gasteiger partial charge in [0.25, 0.3) is 5.56 Å². The molecule has 8 heteroatoms. The number of ether oxygens (including phenoxy) is 1. The predicted octanol–water partition coefficient (Wildman–Crippen LogP) is 7.29. The largest absolute Gasteiger partial charge is 0.463 e. The van der Waals surface area contributed by atoms with Gasteiger partial charge in [0.05, 0.1) is 33.8 Å². The predicted molar refractivity (Wildman–Crippen MR) is 186 cm³/mol. The first-order valence-electron chi connectivity index (χ1n) is 15.1. The second-order valence-corrected chi connectivity index (χ2v) is 13.0. The number of thiophene rings is 1. The standard InChI is InChI=1S/C38H31N3O3S2/c1-4-44-37(43)33-25(3)39-38-41(35(33)31-16-11-21-45-31)36(42)32(46-38)23-28-22-30(26-12-7-5-8-13-26)40(29-19-17-24(2)18-20-29)34(28)27-14-9-6-10-15-27/h5-23,35H,4H2,1-3H3/b32-23+/t35-/m0/s1. The number of esters is 1. The highest BCUT2D eigenvalue weighted by Gasteiger charge is 2.34. The van der Waals surface area contributed by atoms with E-state index in [4.69, 9.17) is 9.73 Å². The molecule has 6 aromatic rings. The van der Waals surface area contributed by atoms with Crippen molar-refractivity contribution in [2.75, 3.05) is 6.61 Å². The lowest BCUT2D eigenvalue weighted by molar-refractivity contribution is -0.139. The van der Waals surface area contributed by atoms with Gasteiger partial charge in [-0.1, -0.05) is 95.8 Å². The number of carbonyl (C=O) groups is 1. The second-order valence-electron chi connectivity index (χ2n) is 11.1. The van der Waals surface area contributed by atoms with Gasteiger partial charge in [-0.25, -0.2) is 9.79 Å². The van der Waals surface area contributed by atoms with E-state index in [0.29, 0.717) is 20.6 Å². The van der Waals surface area contributed by atoms with Gasteiger partial charge in [0, 0.05) is 16.1 Å². The molecule has 0 fully saturated rings. The van der Waals surface area contributed by atoms with E-state index < -0.39 is 12.0 Å². The number of allylic oxidation sites excluding steroid dienone is 1. The van der Waals surface area contributed by atoms with Crippen LogP contribution in [-0.4, -0.2) is 21.7 Å². The Kier molecular flexibility index (Phi) is 7.98. The van der Waals surface area contributed by atoms with Crippen LogP contribution < -0.4 is 14.9 Å². The molecule has 3 aromatic carbocycles. The number of fused-ring (bicyclic) bond motifs is 1. The summed E-state index contributed by atoms with van der Waals surface area (Å²) >= 11 is 2.84. The lowest BCUT2D eigenvalue weighted by atomic mass is 10.0. The number of rotatable bonds is 7. The first-order chi connectivity index (χ1) is 22.4. The SMILES string of the molecule is CCOC(=O)C1=C(C)N=c2s/c(=C/c3cc(-c4ccccc4)n(-c4ccc(C)cc4)c3-c3ccccc3)c(=O)n2[C@H]1c1cccs1. The van der Waals surface area contributed by atoms with E-state index in [1.165, 1.54) is 28.2 Å². The number of hydrogen-bond acceptors (Lipinski definition) is 6. The van der Waals surface area contributed by atoms with Crippen LogP contribution in [0.4, 0.5) is 0 Å². The highest BCUT2D eigenvalue weighted by Crippen LogP contribution is 2.37. The molecule has 0 saturated heterocycles. The lowest BCUT2D eigenvalue weighted by Crippen LogP contribution is -2.39. The quantitative estimate of drug-likeness (QED) is 0.172. The molecule has 0 bridgehead atoms. The zero-order valence-corrected chi connectivity index (χ0v) is 27.3. The summed E-state index contributed by atoms with van der Waals surface area (Å²) in [6, 6.07) is 34.5. The van der Waals surface area contributed by atoms with Crippen molar-refractivity contribution in [3.8, 4) is 28.2 Å². The Morgan fingerprint density at radius 2 is 1.61 bits per heavy atom. The molecule has 0 unspecified atom stereocenters. The van der Waals surface area contributed by atoms with Crippen molar-refractivity contribution < 1.29 is 9.53 Å². The van der Waals surface area contributed by atoms with Crippen LogP contribution in [-0.2, 0) is 9.53 Å². The molecule has 3 aromatic heterocycles. The third kappa shape index (κ3) is 5.29. The van der Waals surface area contributed by atoms with E-state index in [1.807, 2.05) is 66.9 Å². The Morgan fingerprint density at radius 3 is 2.26 bits per heavy atom. The maximum Gasteiger partial charge on any atom is 0.338 e. The number of aryl methyl sites for hydroxylation is 1. The summed E-state index contributed by atoms with van der Waals surface area (Å²) in [5, 5.41) is 1.95. The number of carbonyl (C=O) groups excluding carboxylic acids is 1. The highest BCUT2D eigenvalue weighted by molar-refractivity contribution is 7.10. The number of hydrogen-bond donors (Lipinski definition) is 0. The van der Waals surface area contributed by atoms with Crippen molar-refractivity contribution in [3.05, 3.63) is 155 Å². The summed E-state index contributed by atoms with van der Waals surface area (Å²) < 4.78 is 9.89. The fourth-order valence-corrected chi connectivity index (χ4v) is 7.82. The van der Waals surface area contributed by atoms with Crippen molar-refractivity contribution >= 4 is 34.7 Å². The van der Waals surface area contributed by atoms with E-state index in [9.17, 15) is 9.59 Å². The number of benzene rings is 3. The Bertz CT molecular complexity index is 2260. The molecule has 0 saturated carbocycles. The van der Waals surface area contributed by atoms with Crippen molar-refractivity contribution in [2.45, 2.75) is 26.8 Å². The van der Waals surface area contributed by atoms with Crippen molar-refractivity contribution in [2.24, 2.45) is 4.99 Å². The van der Waals surface area contributed by atoms with E-state index in [1.54, 1.807) is 11.5 Å². The summed E-state index contributed by atoms with van der Waals surface area (Å²) in [6.07, 6.45) is 1.97. The van der Waals surface area contributed by atoms with Crippen LogP contribution in [0.5, 0.6) is 0 Å². The Hall–Kier alpha value is -5.05. The topological polar surface area (TPSA) is 65.6 Å². The molecule has 7 rings (SSSR count). The molecule has 1 aliphatic heterocycles. The van der Waals surface area contributed by atoms with E-state index in [-0.39, 0.29) is 12.2 Å². The van der Waals surface area contributed by atoms with E-state index in [2.05, 4.69) is 66.1 Å². The van der Waals surface area contributed by atoms with Gasteiger partial charge in [-0.3, -0.25) is 9.36 Å². The van der Waals surface area contributed by atoms with Crippen LogP contribution in [0.25, 0.3) is 34.3 Å². The molecular weight excluding hydrogens is 611 g/mol. The average molecular weight is 642 g/mol. The first-order valence-corrected chi connectivity index (χ1v) is 16.8. The van der Waals surface area contributed by atoms with Gasteiger partial charge >= 0.3 is 5.97 Å². The molecule has 1 aliphatic rings. The normalized spacial score (nSPS) is 14.7. The molecule has 228 valence electrons. The highest BCUT2D eigenvalue weighted by atomic mass is 32.1. The fourth-order valence-electron chi connectivity index (χ4n) is 5.96. The molecule has 6 nitrogen and oxygen atoms in total. The Labute approximate surface area is 274 Å². The van der Waals surface area contributed by atoms with Crippen LogP contribution >= 0.6 is 22.7 Å². The summed E-state index contributed by atoms with van der Waals surface area (Å²) in [5.41, 5.74) is 7.96. The molecule has 1 atom stereocenters. The monoisotopic (exact) mass is 641 g/mol. The Morgan fingerprint density at radius 1 is 0.913 bits per heavy atom. The molecule has 0 amide bonds.